The Hall–Kier alpha value is -3.41. The Morgan fingerprint density at radius 2 is 1.70 bits per heavy atom. The van der Waals surface area contributed by atoms with E-state index in [1.54, 1.807) is 6.26 Å². The first-order chi connectivity index (χ1) is 16.2. The number of carbonyl (C=O) groups is 1. The average Bonchev–Trinajstić information content (AvgIpc) is 3.48. The van der Waals surface area contributed by atoms with Crippen LogP contribution in [0.2, 0.25) is 0 Å². The van der Waals surface area contributed by atoms with Gasteiger partial charge in [-0.1, -0.05) is 35.5 Å². The lowest BCUT2D eigenvalue weighted by Gasteiger charge is -2.56. The van der Waals surface area contributed by atoms with E-state index in [4.69, 9.17) is 8.94 Å². The Morgan fingerprint density at radius 1 is 0.970 bits per heavy atom. The highest BCUT2D eigenvalue weighted by Gasteiger charge is 2.51. The fourth-order valence-electron chi connectivity index (χ4n) is 7.05. The standard InChI is InChI=1S/C27H25N3O3/c31-25(29-27-13-16-9-17(14-27)11-18(10-16)15-27)20-12-21(22-7-4-8-32-22)28-26-23(20)24(30-33-26)19-5-2-1-3-6-19/h1-8,12,16-18H,9-11,13-15H2,(H,29,31). The molecule has 0 unspecified atom stereocenters. The van der Waals surface area contributed by atoms with E-state index >= 15 is 0 Å². The molecule has 6 heteroatoms. The van der Waals surface area contributed by atoms with E-state index in [0.717, 1.165) is 42.6 Å². The molecule has 166 valence electrons. The first-order valence-electron chi connectivity index (χ1n) is 11.9. The Morgan fingerprint density at radius 3 is 2.36 bits per heavy atom. The van der Waals surface area contributed by atoms with Crippen LogP contribution in [0, 0.1) is 17.8 Å². The van der Waals surface area contributed by atoms with Crippen molar-refractivity contribution in [3.05, 3.63) is 60.4 Å². The maximum Gasteiger partial charge on any atom is 0.259 e. The fraction of sp³-hybridized carbons (Fsp3) is 0.370. The monoisotopic (exact) mass is 439 g/mol. The molecule has 4 saturated carbocycles. The zero-order chi connectivity index (χ0) is 22.0. The lowest BCUT2D eigenvalue weighted by molar-refractivity contribution is -0.0166. The molecule has 33 heavy (non-hydrogen) atoms. The van der Waals surface area contributed by atoms with Gasteiger partial charge in [0.2, 0.25) is 0 Å². The molecule has 4 aromatic rings. The lowest BCUT2D eigenvalue weighted by atomic mass is 9.53. The van der Waals surface area contributed by atoms with Gasteiger partial charge in [0, 0.05) is 11.1 Å². The highest BCUT2D eigenvalue weighted by molar-refractivity contribution is 6.10. The summed E-state index contributed by atoms with van der Waals surface area (Å²) in [5.41, 5.74) is 2.91. The van der Waals surface area contributed by atoms with Crippen molar-refractivity contribution in [2.75, 3.05) is 0 Å². The molecule has 0 atom stereocenters. The number of pyridine rings is 1. The van der Waals surface area contributed by atoms with Crippen LogP contribution in [-0.2, 0) is 0 Å². The smallest absolute Gasteiger partial charge is 0.259 e. The molecule has 4 bridgehead atoms. The van der Waals surface area contributed by atoms with Crippen molar-refractivity contribution >= 4 is 17.0 Å². The molecule has 0 radical (unpaired) electrons. The van der Waals surface area contributed by atoms with Crippen molar-refractivity contribution in [3.8, 4) is 22.7 Å². The number of furan rings is 1. The first-order valence-corrected chi connectivity index (χ1v) is 11.9. The van der Waals surface area contributed by atoms with Crippen molar-refractivity contribution in [1.29, 1.82) is 0 Å². The average molecular weight is 440 g/mol. The summed E-state index contributed by atoms with van der Waals surface area (Å²) in [7, 11) is 0. The summed E-state index contributed by atoms with van der Waals surface area (Å²) in [5.74, 6) is 2.78. The molecule has 4 fully saturated rings. The molecule has 1 N–H and O–H groups in total. The summed E-state index contributed by atoms with van der Waals surface area (Å²) < 4.78 is 11.2. The van der Waals surface area contributed by atoms with Crippen molar-refractivity contribution in [2.45, 2.75) is 44.1 Å². The second kappa shape index (κ2) is 7.04. The molecule has 4 aliphatic rings. The second-order valence-electron chi connectivity index (χ2n) is 10.3. The van der Waals surface area contributed by atoms with Crippen molar-refractivity contribution in [1.82, 2.24) is 15.5 Å². The van der Waals surface area contributed by atoms with Gasteiger partial charge in [0.05, 0.1) is 17.2 Å². The maximum absolute atomic E-state index is 13.9. The van der Waals surface area contributed by atoms with Gasteiger partial charge in [-0.05, 0) is 74.5 Å². The Balaban J connectivity index is 1.34. The summed E-state index contributed by atoms with van der Waals surface area (Å²) in [6.45, 7) is 0. The van der Waals surface area contributed by atoms with Crippen LogP contribution >= 0.6 is 0 Å². The molecule has 1 aromatic carbocycles. The number of nitrogens with one attached hydrogen (secondary N) is 1. The highest BCUT2D eigenvalue weighted by Crippen LogP contribution is 2.55. The Labute approximate surface area is 191 Å². The van der Waals surface area contributed by atoms with Crippen LogP contribution in [0.3, 0.4) is 0 Å². The summed E-state index contributed by atoms with van der Waals surface area (Å²) in [4.78, 5) is 18.5. The number of benzene rings is 1. The van der Waals surface area contributed by atoms with Gasteiger partial charge < -0.3 is 14.3 Å². The van der Waals surface area contributed by atoms with Gasteiger partial charge >= 0.3 is 0 Å². The minimum Gasteiger partial charge on any atom is -0.463 e. The topological polar surface area (TPSA) is 81.2 Å². The zero-order valence-corrected chi connectivity index (χ0v) is 18.3. The van der Waals surface area contributed by atoms with Gasteiger partial charge in [0.25, 0.3) is 11.6 Å². The van der Waals surface area contributed by atoms with Crippen LogP contribution in [0.1, 0.15) is 48.9 Å². The van der Waals surface area contributed by atoms with Crippen molar-refractivity contribution in [3.63, 3.8) is 0 Å². The first kappa shape index (κ1) is 19.1. The quantitative estimate of drug-likeness (QED) is 0.431. The number of nitrogens with zero attached hydrogens (tertiary/aromatic N) is 2. The molecule has 1 amide bonds. The van der Waals surface area contributed by atoms with Gasteiger partial charge in [-0.2, -0.15) is 0 Å². The van der Waals surface area contributed by atoms with Crippen LogP contribution in [0.4, 0.5) is 0 Å². The normalized spacial score (nSPS) is 27.8. The van der Waals surface area contributed by atoms with Crippen LogP contribution in [0.25, 0.3) is 33.8 Å². The van der Waals surface area contributed by atoms with Gasteiger partial charge in [0.1, 0.15) is 11.4 Å². The third-order valence-electron chi connectivity index (χ3n) is 7.93. The molecular weight excluding hydrogens is 414 g/mol. The van der Waals surface area contributed by atoms with Gasteiger partial charge in [-0.3, -0.25) is 4.79 Å². The third kappa shape index (κ3) is 3.11. The Kier molecular flexibility index (Phi) is 4.07. The number of hydrogen-bond acceptors (Lipinski definition) is 5. The third-order valence-corrected chi connectivity index (χ3v) is 7.93. The minimum atomic E-state index is -0.0870. The number of fused-ring (bicyclic) bond motifs is 1. The predicted molar refractivity (Wildman–Crippen MR) is 123 cm³/mol. The van der Waals surface area contributed by atoms with E-state index in [1.807, 2.05) is 48.5 Å². The molecule has 0 saturated heterocycles. The maximum atomic E-state index is 13.9. The molecule has 3 aromatic heterocycles. The van der Waals surface area contributed by atoms with E-state index < -0.39 is 0 Å². The summed E-state index contributed by atoms with van der Waals surface area (Å²) >= 11 is 0. The largest absolute Gasteiger partial charge is 0.463 e. The predicted octanol–water partition coefficient (Wildman–Crippen LogP) is 5.85. The van der Waals surface area contributed by atoms with Crippen molar-refractivity contribution < 1.29 is 13.7 Å². The fourth-order valence-corrected chi connectivity index (χ4v) is 7.05. The number of amides is 1. The van der Waals surface area contributed by atoms with E-state index in [0.29, 0.717) is 33.8 Å². The second-order valence-corrected chi connectivity index (χ2v) is 10.3. The van der Waals surface area contributed by atoms with Crippen LogP contribution in [0.5, 0.6) is 0 Å². The number of carbonyl (C=O) groups excluding carboxylic acids is 1. The number of rotatable bonds is 4. The summed E-state index contributed by atoms with van der Waals surface area (Å²) in [6.07, 6.45) is 8.90. The van der Waals surface area contributed by atoms with Crippen LogP contribution in [0.15, 0.2) is 63.7 Å². The molecule has 3 heterocycles. The minimum absolute atomic E-state index is 0.0717. The highest BCUT2D eigenvalue weighted by atomic mass is 16.5. The zero-order valence-electron chi connectivity index (χ0n) is 18.3. The van der Waals surface area contributed by atoms with E-state index in [-0.39, 0.29) is 11.4 Å². The Bertz CT molecular complexity index is 1300. The van der Waals surface area contributed by atoms with Crippen LogP contribution < -0.4 is 5.32 Å². The molecule has 8 rings (SSSR count). The molecule has 0 aliphatic heterocycles. The van der Waals surface area contributed by atoms with Gasteiger partial charge in [-0.15, -0.1) is 0 Å². The molecule has 6 nitrogen and oxygen atoms in total. The van der Waals surface area contributed by atoms with Crippen LogP contribution in [-0.4, -0.2) is 21.6 Å². The van der Waals surface area contributed by atoms with Gasteiger partial charge in [-0.25, -0.2) is 4.98 Å². The van der Waals surface area contributed by atoms with E-state index in [2.05, 4.69) is 15.5 Å². The number of hydrogen-bond donors (Lipinski definition) is 1. The van der Waals surface area contributed by atoms with Crippen molar-refractivity contribution in [2.24, 2.45) is 17.8 Å². The van der Waals surface area contributed by atoms with E-state index in [1.165, 1.54) is 19.3 Å². The number of aromatic nitrogens is 2. The summed E-state index contributed by atoms with van der Waals surface area (Å²) in [5, 5.41) is 8.47. The molecular formula is C27H25N3O3. The van der Waals surface area contributed by atoms with Gasteiger partial charge in [0.15, 0.2) is 5.76 Å². The van der Waals surface area contributed by atoms with E-state index in [9.17, 15) is 4.79 Å². The molecule has 4 aliphatic carbocycles. The molecule has 0 spiro atoms. The SMILES string of the molecule is O=C(NC12CC3CC(CC(C3)C1)C2)c1cc(-c2ccco2)nc2onc(-c3ccccc3)c12. The summed E-state index contributed by atoms with van der Waals surface area (Å²) in [6, 6.07) is 15.3. The lowest BCUT2D eigenvalue weighted by Crippen LogP contribution is -2.59.